The third-order valence-electron chi connectivity index (χ3n) is 5.61. The van der Waals surface area contributed by atoms with Crippen LogP contribution in [0.3, 0.4) is 0 Å². The second kappa shape index (κ2) is 14.1. The van der Waals surface area contributed by atoms with Crippen LogP contribution in [0, 0.1) is 0 Å². The van der Waals surface area contributed by atoms with E-state index in [-0.39, 0.29) is 5.96 Å². The van der Waals surface area contributed by atoms with Crippen molar-refractivity contribution in [3.05, 3.63) is 35.4 Å². The van der Waals surface area contributed by atoms with Crippen LogP contribution in [0.15, 0.2) is 29.3 Å². The Morgan fingerprint density at radius 2 is 1.48 bits per heavy atom. The smallest absolute Gasteiger partial charge is 0.437 e. The summed E-state index contributed by atoms with van der Waals surface area (Å²) < 4.78 is 20.5. The molecule has 2 amide bonds. The van der Waals surface area contributed by atoms with Crippen LogP contribution >= 0.6 is 0 Å². The molecule has 222 valence electrons. The van der Waals surface area contributed by atoms with Crippen molar-refractivity contribution in [1.29, 1.82) is 0 Å². The Balaban J connectivity index is 2.32. The van der Waals surface area contributed by atoms with Crippen LogP contribution in [-0.2, 0) is 30.3 Å². The molecule has 0 radical (unpaired) electrons. The number of carbonyl (C=O) groups excluding carboxylic acids is 4. The molecule has 2 rings (SSSR count). The third kappa shape index (κ3) is 10.8. The molecule has 1 fully saturated rings. The first-order chi connectivity index (χ1) is 18.6. The fraction of sp³-hybridized carbons (Fsp3) is 0.607. The highest BCUT2D eigenvalue weighted by atomic mass is 16.6. The van der Waals surface area contributed by atoms with E-state index >= 15 is 0 Å². The molecule has 0 aliphatic carbocycles. The number of guanidine groups is 1. The average Bonchev–Trinajstić information content (AvgIpc) is 3.09. The Morgan fingerprint density at radius 3 is 2.02 bits per heavy atom. The first-order valence-corrected chi connectivity index (χ1v) is 13.2. The van der Waals surface area contributed by atoms with Gasteiger partial charge in [-0.15, -0.1) is 4.99 Å². The standard InChI is InChI=1S/C28H42N4O8/c1-27(2,3)39-25(35)29-24(32(19-22(33)37-7)26(36)40-28(4,5)6)31-15-9-14-30(16-17-31)18-20-10-12-21(13-11-20)23(34)38-8/h10-13H,9,14-19H2,1-8H3/b29-24+. The summed E-state index contributed by atoms with van der Waals surface area (Å²) in [4.78, 5) is 59.2. The fourth-order valence-electron chi connectivity index (χ4n) is 3.85. The molecule has 0 saturated carbocycles. The van der Waals surface area contributed by atoms with Crippen LogP contribution in [0.4, 0.5) is 9.59 Å². The van der Waals surface area contributed by atoms with Crippen LogP contribution < -0.4 is 0 Å². The number of esters is 2. The Bertz CT molecular complexity index is 1070. The molecule has 12 nitrogen and oxygen atoms in total. The summed E-state index contributed by atoms with van der Waals surface area (Å²) in [5.74, 6) is -1.14. The monoisotopic (exact) mass is 562 g/mol. The molecule has 1 aliphatic heterocycles. The van der Waals surface area contributed by atoms with Gasteiger partial charge in [0.05, 0.1) is 19.8 Å². The van der Waals surface area contributed by atoms with E-state index in [2.05, 4.69) is 9.89 Å². The van der Waals surface area contributed by atoms with Gasteiger partial charge in [0, 0.05) is 32.7 Å². The van der Waals surface area contributed by atoms with Gasteiger partial charge in [0.1, 0.15) is 17.7 Å². The SMILES string of the molecule is COC(=O)CN(C(=O)OC(C)(C)C)/C(=N/C(=O)OC(C)(C)C)N1CCCN(Cc2ccc(C(=O)OC)cc2)CC1. The van der Waals surface area contributed by atoms with Crippen LogP contribution in [0.5, 0.6) is 0 Å². The highest BCUT2D eigenvalue weighted by Gasteiger charge is 2.33. The van der Waals surface area contributed by atoms with E-state index in [9.17, 15) is 19.2 Å². The number of carbonyl (C=O) groups is 4. The van der Waals surface area contributed by atoms with Crippen molar-refractivity contribution in [2.75, 3.05) is 46.9 Å². The normalized spacial score (nSPS) is 15.1. The second-order valence-electron chi connectivity index (χ2n) is 11.3. The quantitative estimate of drug-likeness (QED) is 0.227. The maximum absolute atomic E-state index is 13.2. The zero-order valence-electron chi connectivity index (χ0n) is 24.8. The van der Waals surface area contributed by atoms with E-state index in [1.54, 1.807) is 58.6 Å². The summed E-state index contributed by atoms with van der Waals surface area (Å²) in [7, 11) is 2.55. The summed E-state index contributed by atoms with van der Waals surface area (Å²) in [6, 6.07) is 7.21. The molecule has 40 heavy (non-hydrogen) atoms. The summed E-state index contributed by atoms with van der Waals surface area (Å²) in [5.41, 5.74) is -0.181. The minimum absolute atomic E-state index is 0.0434. The lowest BCUT2D eigenvalue weighted by Gasteiger charge is -2.33. The van der Waals surface area contributed by atoms with Crippen molar-refractivity contribution in [3.63, 3.8) is 0 Å². The number of benzene rings is 1. The van der Waals surface area contributed by atoms with Crippen LogP contribution in [0.1, 0.15) is 63.9 Å². The van der Waals surface area contributed by atoms with Crippen LogP contribution in [0.2, 0.25) is 0 Å². The van der Waals surface area contributed by atoms with E-state index in [1.165, 1.54) is 14.2 Å². The molecule has 1 saturated heterocycles. The number of amides is 2. The van der Waals surface area contributed by atoms with E-state index in [0.29, 0.717) is 38.2 Å². The molecule has 1 aliphatic rings. The van der Waals surface area contributed by atoms with Gasteiger partial charge in [-0.05, 0) is 65.7 Å². The van der Waals surface area contributed by atoms with Crippen LogP contribution in [0.25, 0.3) is 0 Å². The lowest BCUT2D eigenvalue weighted by atomic mass is 10.1. The van der Waals surface area contributed by atoms with Gasteiger partial charge >= 0.3 is 24.1 Å². The highest BCUT2D eigenvalue weighted by Crippen LogP contribution is 2.17. The van der Waals surface area contributed by atoms with Gasteiger partial charge in [-0.2, -0.15) is 0 Å². The van der Waals surface area contributed by atoms with E-state index < -0.39 is 41.9 Å². The van der Waals surface area contributed by atoms with Crippen molar-refractivity contribution < 1.29 is 38.1 Å². The van der Waals surface area contributed by atoms with E-state index in [4.69, 9.17) is 18.9 Å². The Kier molecular flexibility index (Phi) is 11.5. The number of aliphatic imine (C=N–C) groups is 1. The lowest BCUT2D eigenvalue weighted by Crippen LogP contribution is -2.52. The van der Waals surface area contributed by atoms with Gasteiger partial charge in [-0.3, -0.25) is 9.69 Å². The van der Waals surface area contributed by atoms with Crippen molar-refractivity contribution >= 4 is 30.1 Å². The van der Waals surface area contributed by atoms with Gasteiger partial charge in [-0.25, -0.2) is 19.3 Å². The highest BCUT2D eigenvalue weighted by molar-refractivity contribution is 6.01. The molecule has 0 bridgehead atoms. The second-order valence-corrected chi connectivity index (χ2v) is 11.3. The van der Waals surface area contributed by atoms with Gasteiger partial charge < -0.3 is 23.8 Å². The van der Waals surface area contributed by atoms with Crippen LogP contribution in [-0.4, -0.2) is 103 Å². The topological polar surface area (TPSA) is 127 Å². The molecule has 1 aromatic rings. The molecule has 0 atom stereocenters. The van der Waals surface area contributed by atoms with Crippen molar-refractivity contribution in [2.45, 2.75) is 65.7 Å². The van der Waals surface area contributed by atoms with Gasteiger partial charge in [-0.1, -0.05) is 12.1 Å². The molecule has 1 heterocycles. The van der Waals surface area contributed by atoms with Gasteiger partial charge in [0.25, 0.3) is 0 Å². The Labute approximate surface area is 236 Å². The molecule has 0 aromatic heterocycles. The fourth-order valence-corrected chi connectivity index (χ4v) is 3.85. The number of ether oxygens (including phenoxy) is 4. The summed E-state index contributed by atoms with van der Waals surface area (Å²) in [5, 5.41) is 0. The minimum atomic E-state index is -0.896. The summed E-state index contributed by atoms with van der Waals surface area (Å²) in [6.07, 6.45) is -1.05. The first-order valence-electron chi connectivity index (χ1n) is 13.2. The van der Waals surface area contributed by atoms with Crippen molar-refractivity contribution in [3.8, 4) is 0 Å². The molecule has 0 unspecified atom stereocenters. The zero-order chi connectivity index (χ0) is 30.1. The predicted molar refractivity (Wildman–Crippen MR) is 148 cm³/mol. The van der Waals surface area contributed by atoms with Gasteiger partial charge in [0.15, 0.2) is 0 Å². The molecule has 1 aromatic carbocycles. The molecular weight excluding hydrogens is 520 g/mol. The maximum Gasteiger partial charge on any atom is 0.437 e. The maximum atomic E-state index is 13.2. The largest absolute Gasteiger partial charge is 0.468 e. The third-order valence-corrected chi connectivity index (χ3v) is 5.61. The first kappa shape index (κ1) is 32.5. The average molecular weight is 563 g/mol. The Hall–Kier alpha value is -3.67. The van der Waals surface area contributed by atoms with Crippen molar-refractivity contribution in [2.24, 2.45) is 4.99 Å². The summed E-state index contributed by atoms with van der Waals surface area (Å²) in [6.45, 7) is 12.5. The number of hydrogen-bond donors (Lipinski definition) is 0. The molecular formula is C28H42N4O8. The predicted octanol–water partition coefficient (Wildman–Crippen LogP) is 3.68. The van der Waals surface area contributed by atoms with E-state index in [0.717, 1.165) is 17.0 Å². The number of hydrogen-bond acceptors (Lipinski definition) is 9. The minimum Gasteiger partial charge on any atom is -0.468 e. The van der Waals surface area contributed by atoms with Gasteiger partial charge in [0.2, 0.25) is 5.96 Å². The molecule has 12 heteroatoms. The summed E-state index contributed by atoms with van der Waals surface area (Å²) >= 11 is 0. The number of nitrogens with zero attached hydrogens (tertiary/aromatic N) is 4. The molecule has 0 N–H and O–H groups in total. The van der Waals surface area contributed by atoms with E-state index in [1.807, 2.05) is 12.1 Å². The number of methoxy groups -OCH3 is 2. The lowest BCUT2D eigenvalue weighted by molar-refractivity contribution is -0.141. The molecule has 0 spiro atoms. The zero-order valence-corrected chi connectivity index (χ0v) is 24.8. The van der Waals surface area contributed by atoms with Crippen molar-refractivity contribution in [1.82, 2.24) is 14.7 Å². The number of rotatable bonds is 5. The Morgan fingerprint density at radius 1 is 0.850 bits per heavy atom.